The molecule has 4 rings (SSSR count). The summed E-state index contributed by atoms with van der Waals surface area (Å²) in [6.45, 7) is 7.70. The number of nitrogens with one attached hydrogen (secondary N) is 2. The SMILES string of the molecule is Cc1ccc(NC(=O)CSc2nc(NC(=O)c3ccccc3)c3c(C)c(C)oc3n2)c(C)c1. The molecule has 0 fully saturated rings. The molecule has 0 atom stereocenters. The zero-order valence-electron chi connectivity index (χ0n) is 18.9. The molecular weight excluding hydrogens is 436 g/mol. The van der Waals surface area contributed by atoms with E-state index in [0.717, 1.165) is 22.4 Å². The Morgan fingerprint density at radius 2 is 1.73 bits per heavy atom. The number of aryl methyl sites for hydroxylation is 4. The maximum absolute atomic E-state index is 12.7. The fourth-order valence-corrected chi connectivity index (χ4v) is 4.06. The Hall–Kier alpha value is -3.65. The van der Waals surface area contributed by atoms with E-state index in [4.69, 9.17) is 4.42 Å². The van der Waals surface area contributed by atoms with E-state index in [0.29, 0.717) is 33.4 Å². The monoisotopic (exact) mass is 460 g/mol. The van der Waals surface area contributed by atoms with Gasteiger partial charge in [0.05, 0.1) is 11.1 Å². The zero-order valence-corrected chi connectivity index (χ0v) is 19.7. The Bertz CT molecular complexity index is 1350. The summed E-state index contributed by atoms with van der Waals surface area (Å²) in [5.41, 5.74) is 4.66. The second-order valence-corrected chi connectivity index (χ2v) is 8.74. The molecule has 168 valence electrons. The number of carbonyl (C=O) groups is 2. The minimum Gasteiger partial charge on any atom is -0.443 e. The van der Waals surface area contributed by atoms with Crippen LogP contribution in [0.1, 0.15) is 32.8 Å². The van der Waals surface area contributed by atoms with Crippen LogP contribution in [0.2, 0.25) is 0 Å². The Morgan fingerprint density at radius 1 is 0.970 bits per heavy atom. The van der Waals surface area contributed by atoms with Crippen LogP contribution < -0.4 is 10.6 Å². The molecule has 0 bridgehead atoms. The van der Waals surface area contributed by atoms with Gasteiger partial charge in [-0.15, -0.1) is 0 Å². The number of furan rings is 1. The third kappa shape index (κ3) is 5.06. The molecule has 0 saturated heterocycles. The van der Waals surface area contributed by atoms with E-state index in [2.05, 4.69) is 20.6 Å². The zero-order chi connectivity index (χ0) is 23.5. The number of benzene rings is 2. The quantitative estimate of drug-likeness (QED) is 0.294. The van der Waals surface area contributed by atoms with Gasteiger partial charge in [0, 0.05) is 16.8 Å². The highest BCUT2D eigenvalue weighted by molar-refractivity contribution is 7.99. The molecule has 0 saturated carbocycles. The van der Waals surface area contributed by atoms with Gasteiger partial charge in [-0.3, -0.25) is 9.59 Å². The first-order valence-electron chi connectivity index (χ1n) is 10.5. The van der Waals surface area contributed by atoms with E-state index in [1.807, 2.05) is 52.0 Å². The van der Waals surface area contributed by atoms with E-state index < -0.39 is 0 Å². The van der Waals surface area contributed by atoms with Crippen LogP contribution in [0.3, 0.4) is 0 Å². The van der Waals surface area contributed by atoms with E-state index >= 15 is 0 Å². The second-order valence-electron chi connectivity index (χ2n) is 7.79. The van der Waals surface area contributed by atoms with Gasteiger partial charge in [0.2, 0.25) is 11.6 Å². The van der Waals surface area contributed by atoms with Crippen LogP contribution in [0.5, 0.6) is 0 Å². The molecule has 7 nitrogen and oxygen atoms in total. The smallest absolute Gasteiger partial charge is 0.256 e. The number of hydrogen-bond acceptors (Lipinski definition) is 6. The van der Waals surface area contributed by atoms with Gasteiger partial charge < -0.3 is 15.1 Å². The predicted molar refractivity (Wildman–Crippen MR) is 131 cm³/mol. The van der Waals surface area contributed by atoms with Crippen molar-refractivity contribution < 1.29 is 14.0 Å². The highest BCUT2D eigenvalue weighted by atomic mass is 32.2. The maximum Gasteiger partial charge on any atom is 0.256 e. The van der Waals surface area contributed by atoms with E-state index in [9.17, 15) is 9.59 Å². The van der Waals surface area contributed by atoms with Crippen LogP contribution >= 0.6 is 11.8 Å². The van der Waals surface area contributed by atoms with Crippen molar-refractivity contribution in [3.63, 3.8) is 0 Å². The number of fused-ring (bicyclic) bond motifs is 1. The van der Waals surface area contributed by atoms with Gasteiger partial charge in [-0.1, -0.05) is 47.7 Å². The van der Waals surface area contributed by atoms with Gasteiger partial charge in [0.1, 0.15) is 11.6 Å². The molecule has 0 aliphatic carbocycles. The molecule has 0 unspecified atom stereocenters. The van der Waals surface area contributed by atoms with Crippen molar-refractivity contribution in [1.29, 1.82) is 0 Å². The lowest BCUT2D eigenvalue weighted by molar-refractivity contribution is -0.113. The fraction of sp³-hybridized carbons (Fsp3) is 0.200. The number of nitrogens with zero attached hydrogens (tertiary/aromatic N) is 2. The molecular formula is C25H24N4O3S. The average molecular weight is 461 g/mol. The number of anilines is 2. The van der Waals surface area contributed by atoms with Crippen molar-refractivity contribution in [3.8, 4) is 0 Å². The van der Waals surface area contributed by atoms with E-state index in [1.165, 1.54) is 11.8 Å². The first kappa shape index (κ1) is 22.5. The van der Waals surface area contributed by atoms with Crippen molar-refractivity contribution in [3.05, 3.63) is 76.5 Å². The van der Waals surface area contributed by atoms with Crippen LogP contribution in [-0.2, 0) is 4.79 Å². The molecule has 8 heteroatoms. The summed E-state index contributed by atoms with van der Waals surface area (Å²) < 4.78 is 5.78. The maximum atomic E-state index is 12.7. The largest absolute Gasteiger partial charge is 0.443 e. The third-order valence-corrected chi connectivity index (χ3v) is 6.11. The van der Waals surface area contributed by atoms with Crippen LogP contribution in [0.15, 0.2) is 58.1 Å². The summed E-state index contributed by atoms with van der Waals surface area (Å²) in [5.74, 6) is 0.725. The number of rotatable bonds is 6. The van der Waals surface area contributed by atoms with Gasteiger partial charge in [0.15, 0.2) is 5.16 Å². The molecule has 2 aromatic carbocycles. The van der Waals surface area contributed by atoms with Crippen LogP contribution in [0.25, 0.3) is 11.1 Å². The lowest BCUT2D eigenvalue weighted by Crippen LogP contribution is -2.16. The third-order valence-electron chi connectivity index (χ3n) is 5.26. The van der Waals surface area contributed by atoms with Crippen molar-refractivity contribution in [2.24, 2.45) is 0 Å². The predicted octanol–water partition coefficient (Wildman–Crippen LogP) is 5.44. The molecule has 0 aliphatic rings. The molecule has 2 amide bonds. The lowest BCUT2D eigenvalue weighted by atomic mass is 10.1. The molecule has 2 aromatic heterocycles. The van der Waals surface area contributed by atoms with Crippen molar-refractivity contribution in [2.45, 2.75) is 32.9 Å². The fourth-order valence-electron chi connectivity index (χ4n) is 3.42. The van der Waals surface area contributed by atoms with E-state index in [-0.39, 0.29) is 17.6 Å². The number of thioether (sulfide) groups is 1. The first-order valence-corrected chi connectivity index (χ1v) is 11.4. The molecule has 2 heterocycles. The average Bonchev–Trinajstić information content (AvgIpc) is 3.08. The number of amides is 2. The number of aromatic nitrogens is 2. The summed E-state index contributed by atoms with van der Waals surface area (Å²) in [4.78, 5) is 34.2. The summed E-state index contributed by atoms with van der Waals surface area (Å²) >= 11 is 1.18. The van der Waals surface area contributed by atoms with Crippen molar-refractivity contribution >= 4 is 46.2 Å². The standard InChI is InChI=1S/C25H24N4O3S/c1-14-10-11-19(15(2)12-14)26-20(30)13-33-25-28-22(21-16(3)17(4)32-24(21)29-25)27-23(31)18-8-6-5-7-9-18/h5-12H,13H2,1-4H3,(H,26,30)(H,27,28,29,31). The normalized spacial score (nSPS) is 10.9. The summed E-state index contributed by atoms with van der Waals surface area (Å²) in [6.07, 6.45) is 0. The summed E-state index contributed by atoms with van der Waals surface area (Å²) in [7, 11) is 0. The van der Waals surface area contributed by atoms with Gasteiger partial charge in [0.25, 0.3) is 5.91 Å². The molecule has 2 N–H and O–H groups in total. The Kier molecular flexibility index (Phi) is 6.46. The van der Waals surface area contributed by atoms with E-state index in [1.54, 1.807) is 24.3 Å². The molecule has 4 aromatic rings. The molecule has 33 heavy (non-hydrogen) atoms. The van der Waals surface area contributed by atoms with Crippen LogP contribution in [-0.4, -0.2) is 27.5 Å². The minimum atomic E-state index is -0.280. The van der Waals surface area contributed by atoms with Crippen molar-refractivity contribution in [1.82, 2.24) is 9.97 Å². The second kappa shape index (κ2) is 9.46. The first-order chi connectivity index (χ1) is 15.8. The van der Waals surface area contributed by atoms with Gasteiger partial charge in [-0.05, 0) is 51.5 Å². The molecule has 0 radical (unpaired) electrons. The highest BCUT2D eigenvalue weighted by Gasteiger charge is 2.19. The Morgan fingerprint density at radius 3 is 2.45 bits per heavy atom. The van der Waals surface area contributed by atoms with Crippen LogP contribution in [0.4, 0.5) is 11.5 Å². The van der Waals surface area contributed by atoms with Crippen molar-refractivity contribution in [2.75, 3.05) is 16.4 Å². The molecule has 0 aliphatic heterocycles. The lowest BCUT2D eigenvalue weighted by Gasteiger charge is -2.10. The molecule has 0 spiro atoms. The van der Waals surface area contributed by atoms with Gasteiger partial charge >= 0.3 is 0 Å². The number of carbonyl (C=O) groups excluding carboxylic acids is 2. The number of hydrogen-bond donors (Lipinski definition) is 2. The van der Waals surface area contributed by atoms with Crippen LogP contribution in [0, 0.1) is 27.7 Å². The summed E-state index contributed by atoms with van der Waals surface area (Å²) in [5, 5.41) is 6.79. The van der Waals surface area contributed by atoms with Gasteiger partial charge in [-0.25, -0.2) is 4.98 Å². The Labute approximate surface area is 196 Å². The highest BCUT2D eigenvalue weighted by Crippen LogP contribution is 2.31. The summed E-state index contributed by atoms with van der Waals surface area (Å²) in [6, 6.07) is 14.8. The Balaban J connectivity index is 1.55. The topological polar surface area (TPSA) is 97.1 Å². The van der Waals surface area contributed by atoms with Gasteiger partial charge in [-0.2, -0.15) is 4.98 Å². The minimum absolute atomic E-state index is 0.115.